The summed E-state index contributed by atoms with van der Waals surface area (Å²) in [5.74, 6) is 0.600. The molecule has 3 heterocycles. The summed E-state index contributed by atoms with van der Waals surface area (Å²) in [5, 5.41) is -0.129. The van der Waals surface area contributed by atoms with Crippen LogP contribution in [0.3, 0.4) is 0 Å². The fourth-order valence-corrected chi connectivity index (χ4v) is 5.17. The zero-order valence-corrected chi connectivity index (χ0v) is 19.5. The van der Waals surface area contributed by atoms with Crippen LogP contribution in [0.4, 0.5) is 0 Å². The van der Waals surface area contributed by atoms with Crippen molar-refractivity contribution in [2.75, 3.05) is 31.9 Å². The van der Waals surface area contributed by atoms with Gasteiger partial charge in [0.15, 0.2) is 0 Å². The summed E-state index contributed by atoms with van der Waals surface area (Å²) >= 11 is 0. The van der Waals surface area contributed by atoms with E-state index in [1.807, 2.05) is 27.7 Å². The van der Waals surface area contributed by atoms with Crippen LogP contribution in [0.1, 0.15) is 53.4 Å². The largest absolute Gasteiger partial charge is 0.498 e. The van der Waals surface area contributed by atoms with Crippen LogP contribution in [0.2, 0.25) is 0 Å². The van der Waals surface area contributed by atoms with Crippen molar-refractivity contribution < 1.29 is 17.7 Å². The van der Waals surface area contributed by atoms with Crippen molar-refractivity contribution in [3.63, 3.8) is 0 Å². The molecule has 2 N–H and O–H groups in total. The average molecular weight is 438 g/mol. The Morgan fingerprint density at radius 1 is 1.20 bits per heavy atom. The van der Waals surface area contributed by atoms with Gasteiger partial charge in [0.1, 0.15) is 0 Å². The van der Waals surface area contributed by atoms with Gasteiger partial charge in [-0.3, -0.25) is 0 Å². The maximum absolute atomic E-state index is 12.7. The lowest BCUT2D eigenvalue weighted by molar-refractivity contribution is 0.00578. The number of aromatic nitrogens is 2. The van der Waals surface area contributed by atoms with Crippen LogP contribution in [0, 0.1) is 5.92 Å². The van der Waals surface area contributed by atoms with Crippen molar-refractivity contribution in [1.82, 2.24) is 14.9 Å². The molecule has 1 aromatic heterocycles. The van der Waals surface area contributed by atoms with Gasteiger partial charge in [-0.1, -0.05) is 0 Å². The fraction of sp³-hybridized carbons (Fsp3) is 0.800. The molecule has 0 unspecified atom stereocenters. The third-order valence-electron chi connectivity index (χ3n) is 6.53. The molecule has 30 heavy (non-hydrogen) atoms. The highest BCUT2D eigenvalue weighted by atomic mass is 32.2. The van der Waals surface area contributed by atoms with Crippen molar-refractivity contribution >= 4 is 22.4 Å². The summed E-state index contributed by atoms with van der Waals surface area (Å²) in [6.45, 7) is 11.6. The van der Waals surface area contributed by atoms with E-state index in [2.05, 4.69) is 14.9 Å². The maximum Gasteiger partial charge on any atom is 0.498 e. The minimum Gasteiger partial charge on any atom is -0.399 e. The van der Waals surface area contributed by atoms with Gasteiger partial charge < -0.3 is 19.9 Å². The monoisotopic (exact) mass is 438 g/mol. The number of sulfone groups is 1. The number of hydrogen-bond donors (Lipinski definition) is 1. The van der Waals surface area contributed by atoms with Crippen LogP contribution in [0.5, 0.6) is 0 Å². The van der Waals surface area contributed by atoms with E-state index in [1.54, 1.807) is 0 Å². The summed E-state index contributed by atoms with van der Waals surface area (Å²) in [4.78, 5) is 10.6. The molecule has 0 spiro atoms. The second-order valence-electron chi connectivity index (χ2n) is 9.45. The highest BCUT2D eigenvalue weighted by molar-refractivity contribution is 7.91. The first kappa shape index (κ1) is 23.6. The minimum atomic E-state index is -3.51. The molecular weight excluding hydrogens is 403 g/mol. The summed E-state index contributed by atoms with van der Waals surface area (Å²) < 4.78 is 37.3. The van der Waals surface area contributed by atoms with Gasteiger partial charge in [-0.05, 0) is 65.8 Å². The molecule has 0 aliphatic carbocycles. The van der Waals surface area contributed by atoms with Crippen LogP contribution in [-0.4, -0.2) is 73.5 Å². The molecule has 0 amide bonds. The van der Waals surface area contributed by atoms with Crippen molar-refractivity contribution in [1.29, 1.82) is 0 Å². The molecule has 0 bridgehead atoms. The number of hydrogen-bond acceptors (Lipinski definition) is 8. The topological polar surface area (TPSA) is 108 Å². The van der Waals surface area contributed by atoms with Crippen LogP contribution in [0.15, 0.2) is 17.6 Å². The fourth-order valence-electron chi connectivity index (χ4n) is 4.01. The summed E-state index contributed by atoms with van der Waals surface area (Å²) in [7, 11) is -4.11. The molecule has 0 radical (unpaired) electrons. The average Bonchev–Trinajstić information content (AvgIpc) is 2.90. The molecule has 10 heteroatoms. The van der Waals surface area contributed by atoms with E-state index in [4.69, 9.17) is 15.0 Å². The van der Waals surface area contributed by atoms with Crippen LogP contribution >= 0.6 is 0 Å². The van der Waals surface area contributed by atoms with Crippen molar-refractivity contribution in [2.24, 2.45) is 11.7 Å². The van der Waals surface area contributed by atoms with Crippen LogP contribution in [-0.2, 0) is 19.1 Å². The van der Waals surface area contributed by atoms with Gasteiger partial charge in [-0.25, -0.2) is 18.4 Å². The number of likely N-dealkylation sites (tertiary alicyclic amines) is 1. The Morgan fingerprint density at radius 3 is 2.43 bits per heavy atom. The van der Waals surface area contributed by atoms with E-state index in [0.29, 0.717) is 24.3 Å². The molecule has 2 aliphatic heterocycles. The second kappa shape index (κ2) is 9.20. The molecule has 0 saturated carbocycles. The Balaban J connectivity index is 1.54. The summed E-state index contributed by atoms with van der Waals surface area (Å²) in [5.41, 5.74) is 5.33. The van der Waals surface area contributed by atoms with Gasteiger partial charge >= 0.3 is 7.12 Å². The Hall–Kier alpha value is -1.07. The van der Waals surface area contributed by atoms with Gasteiger partial charge in [0.25, 0.3) is 0 Å². The Bertz CT molecular complexity index is 799. The van der Waals surface area contributed by atoms with E-state index in [-0.39, 0.29) is 10.9 Å². The van der Waals surface area contributed by atoms with Gasteiger partial charge in [0.2, 0.25) is 15.0 Å². The molecule has 2 saturated heterocycles. The quantitative estimate of drug-likeness (QED) is 0.473. The van der Waals surface area contributed by atoms with E-state index < -0.39 is 28.2 Å². The Morgan fingerprint density at radius 2 is 1.83 bits per heavy atom. The smallest absolute Gasteiger partial charge is 0.399 e. The number of nitrogens with two attached hydrogens (primary N) is 1. The van der Waals surface area contributed by atoms with Gasteiger partial charge in [0.05, 0.1) is 17.0 Å². The van der Waals surface area contributed by atoms with Gasteiger partial charge in [-0.2, -0.15) is 0 Å². The second-order valence-corrected chi connectivity index (χ2v) is 11.4. The first-order valence-corrected chi connectivity index (χ1v) is 12.5. The van der Waals surface area contributed by atoms with E-state index >= 15 is 0 Å². The van der Waals surface area contributed by atoms with Crippen molar-refractivity contribution in [3.05, 3.63) is 12.4 Å². The van der Waals surface area contributed by atoms with E-state index in [9.17, 15) is 8.42 Å². The van der Waals surface area contributed by atoms with Crippen LogP contribution < -0.4 is 11.2 Å². The maximum atomic E-state index is 12.7. The first-order valence-electron chi connectivity index (χ1n) is 10.9. The molecule has 1 atom stereocenters. The lowest BCUT2D eigenvalue weighted by atomic mass is 9.81. The summed E-state index contributed by atoms with van der Waals surface area (Å²) in [6, 6.07) is 0. The predicted octanol–water partition coefficient (Wildman–Crippen LogP) is 1.00. The minimum absolute atomic E-state index is 0.0657. The third-order valence-corrected chi connectivity index (χ3v) is 8.12. The molecule has 3 rings (SSSR count). The molecule has 0 aromatic carbocycles. The third kappa shape index (κ3) is 5.40. The van der Waals surface area contributed by atoms with Gasteiger partial charge in [0, 0.05) is 37.5 Å². The standard InChI is InChI=1S/C20H35BN4O4S/c1-19(2)20(3,4)29-21(28-19)17-13-23-18(24-14-17)30(26,27)12-6-8-16-7-5-10-25(15-16)11-9-22/h13-14,16H,5-12,15,22H2,1-4H3/t16-/m1/s1. The Kier molecular flexibility index (Phi) is 7.24. The number of piperidine rings is 1. The number of nitrogens with zero attached hydrogens (tertiary/aromatic N) is 3. The lowest BCUT2D eigenvalue weighted by Gasteiger charge is -2.32. The highest BCUT2D eigenvalue weighted by Crippen LogP contribution is 2.36. The molecule has 168 valence electrons. The number of rotatable bonds is 8. The SMILES string of the molecule is CC1(C)OB(c2cnc(S(=O)(=O)CCC[C@H]3CCCN(CCN)C3)nc2)OC1(C)C. The Labute approximate surface area is 181 Å². The van der Waals surface area contributed by atoms with Crippen molar-refractivity contribution in [2.45, 2.75) is 69.7 Å². The molecule has 8 nitrogen and oxygen atoms in total. The zero-order valence-electron chi connectivity index (χ0n) is 18.6. The molecule has 1 aromatic rings. The zero-order chi connectivity index (χ0) is 22.0. The first-order chi connectivity index (χ1) is 14.0. The predicted molar refractivity (Wildman–Crippen MR) is 117 cm³/mol. The van der Waals surface area contributed by atoms with Crippen molar-refractivity contribution in [3.8, 4) is 0 Å². The normalized spacial score (nSPS) is 24.3. The highest BCUT2D eigenvalue weighted by Gasteiger charge is 2.52. The van der Waals surface area contributed by atoms with E-state index in [1.165, 1.54) is 12.4 Å². The van der Waals surface area contributed by atoms with Gasteiger partial charge in [-0.15, -0.1) is 0 Å². The lowest BCUT2D eigenvalue weighted by Crippen LogP contribution is -2.41. The summed E-state index contributed by atoms with van der Waals surface area (Å²) in [6.07, 6.45) is 6.81. The molecule has 2 aliphatic rings. The van der Waals surface area contributed by atoms with Crippen LogP contribution in [0.25, 0.3) is 0 Å². The van der Waals surface area contributed by atoms with E-state index in [0.717, 1.165) is 38.9 Å². The molecular formula is C20H35BN4O4S. The molecule has 2 fully saturated rings.